The maximum Gasteiger partial charge on any atom is 0.311 e. The van der Waals surface area contributed by atoms with Crippen molar-refractivity contribution in [3.8, 4) is 0 Å². The third-order valence-electron chi connectivity index (χ3n) is 3.71. The third-order valence-corrected chi connectivity index (χ3v) is 6.13. The monoisotopic (exact) mass is 330 g/mol. The van der Waals surface area contributed by atoms with E-state index in [0.29, 0.717) is 10.6 Å². The molecule has 0 aliphatic rings. The van der Waals surface area contributed by atoms with Crippen LogP contribution in [-0.2, 0) is 13.9 Å². The highest BCUT2D eigenvalue weighted by Gasteiger charge is 2.32. The molecule has 0 spiro atoms. The van der Waals surface area contributed by atoms with Gasteiger partial charge in [-0.05, 0) is 44.5 Å². The fraction of sp³-hybridized carbons (Fsp3) is 0.316. The van der Waals surface area contributed by atoms with Crippen molar-refractivity contribution in [3.05, 3.63) is 59.7 Å². The molecule has 122 valence electrons. The topological polar surface area (TPSA) is 43.4 Å². The number of unbranched alkanes of at least 4 members (excludes halogenated alkanes) is 1. The average Bonchev–Trinajstić information content (AvgIpc) is 2.54. The fourth-order valence-electron chi connectivity index (χ4n) is 2.25. The molecule has 2 aromatic rings. The zero-order valence-corrected chi connectivity index (χ0v) is 14.8. The molecule has 0 unspecified atom stereocenters. The van der Waals surface area contributed by atoms with Gasteiger partial charge in [0.15, 0.2) is 0 Å². The van der Waals surface area contributed by atoms with Crippen molar-refractivity contribution in [1.82, 2.24) is 0 Å². The number of hydrogen-bond donors (Lipinski definition) is 0. The molecule has 0 aromatic heterocycles. The van der Waals surface area contributed by atoms with Gasteiger partial charge in [0.2, 0.25) is 0 Å². The van der Waals surface area contributed by atoms with Crippen molar-refractivity contribution < 1.29 is 13.9 Å². The van der Waals surface area contributed by atoms with Crippen molar-refractivity contribution in [3.63, 3.8) is 0 Å². The smallest absolute Gasteiger partial charge is 0.311 e. The summed E-state index contributed by atoms with van der Waals surface area (Å²) in [4.78, 5) is 12.1. The van der Waals surface area contributed by atoms with E-state index in [9.17, 15) is 9.36 Å². The molecule has 3 nitrogen and oxygen atoms in total. The molecule has 0 heterocycles. The van der Waals surface area contributed by atoms with E-state index in [1.165, 1.54) is 0 Å². The summed E-state index contributed by atoms with van der Waals surface area (Å²) in [6, 6.07) is 14.7. The summed E-state index contributed by atoms with van der Waals surface area (Å²) in [5, 5.41) is 1.11. The van der Waals surface area contributed by atoms with Gasteiger partial charge in [-0.1, -0.05) is 48.7 Å². The Kier molecular flexibility index (Phi) is 5.79. The quantitative estimate of drug-likeness (QED) is 0.743. The van der Waals surface area contributed by atoms with Gasteiger partial charge in [0.1, 0.15) is 0 Å². The number of carbonyl (C=O) groups is 1. The Labute approximate surface area is 138 Å². The van der Waals surface area contributed by atoms with Gasteiger partial charge in [0, 0.05) is 6.42 Å². The first-order chi connectivity index (χ1) is 11.0. The van der Waals surface area contributed by atoms with Gasteiger partial charge in [-0.15, -0.1) is 0 Å². The Bertz CT molecular complexity index is 653. The average molecular weight is 330 g/mol. The van der Waals surface area contributed by atoms with E-state index in [1.54, 1.807) is 24.3 Å². The van der Waals surface area contributed by atoms with E-state index in [-0.39, 0.29) is 6.42 Å². The Morgan fingerprint density at radius 3 is 1.74 bits per heavy atom. The molecule has 0 fully saturated rings. The van der Waals surface area contributed by atoms with Crippen molar-refractivity contribution in [2.24, 2.45) is 0 Å². The lowest BCUT2D eigenvalue weighted by Gasteiger charge is -2.19. The van der Waals surface area contributed by atoms with Crippen LogP contribution in [0.1, 0.15) is 37.3 Å². The van der Waals surface area contributed by atoms with Gasteiger partial charge >= 0.3 is 13.3 Å². The van der Waals surface area contributed by atoms with E-state index in [1.807, 2.05) is 45.0 Å². The Morgan fingerprint density at radius 2 is 1.35 bits per heavy atom. The molecule has 0 atom stereocenters. The molecule has 0 N–H and O–H groups in total. The van der Waals surface area contributed by atoms with Crippen molar-refractivity contribution >= 4 is 23.9 Å². The maximum atomic E-state index is 13.6. The molecule has 0 aliphatic heterocycles. The second kappa shape index (κ2) is 7.61. The molecule has 0 aliphatic carbocycles. The van der Waals surface area contributed by atoms with Crippen LogP contribution in [0.25, 0.3) is 0 Å². The fourth-order valence-corrected chi connectivity index (χ4v) is 4.22. The second-order valence-electron chi connectivity index (χ2n) is 5.79. The van der Waals surface area contributed by atoms with E-state index in [4.69, 9.17) is 4.52 Å². The first kappa shape index (κ1) is 17.5. The molecule has 0 bridgehead atoms. The van der Waals surface area contributed by atoms with Gasteiger partial charge in [0.25, 0.3) is 0 Å². The van der Waals surface area contributed by atoms with E-state index < -0.39 is 13.3 Å². The van der Waals surface area contributed by atoms with Crippen LogP contribution in [0.15, 0.2) is 48.5 Å². The standard InChI is InChI=1S/C19H23O3P/c1-4-5-6-19(20)22-23(21,17-11-7-15(2)8-12-17)18-13-9-16(3)10-14-18/h7-14H,4-6H2,1-3H3. The number of rotatable bonds is 6. The zero-order chi connectivity index (χ0) is 16.9. The Balaban J connectivity index is 2.41. The largest absolute Gasteiger partial charge is 0.405 e. The summed E-state index contributed by atoms with van der Waals surface area (Å²) in [7, 11) is -3.41. The molecule has 0 radical (unpaired) electrons. The number of hydrogen-bond acceptors (Lipinski definition) is 3. The molecule has 23 heavy (non-hydrogen) atoms. The zero-order valence-electron chi connectivity index (χ0n) is 13.9. The summed E-state index contributed by atoms with van der Waals surface area (Å²) in [6.07, 6.45) is 1.92. The Morgan fingerprint density at radius 1 is 0.913 bits per heavy atom. The Hall–Kier alpha value is -1.86. The molecular weight excluding hydrogens is 307 g/mol. The summed E-state index contributed by atoms with van der Waals surface area (Å²) in [5.41, 5.74) is 2.14. The minimum atomic E-state index is -3.41. The summed E-state index contributed by atoms with van der Waals surface area (Å²) in [6.45, 7) is 5.94. The number of aryl methyl sites for hydroxylation is 2. The molecule has 2 aromatic carbocycles. The lowest BCUT2D eigenvalue weighted by molar-refractivity contribution is -0.134. The van der Waals surface area contributed by atoms with Crippen molar-refractivity contribution in [2.45, 2.75) is 40.0 Å². The van der Waals surface area contributed by atoms with Crippen LogP contribution in [-0.4, -0.2) is 5.97 Å². The minimum absolute atomic E-state index is 0.290. The van der Waals surface area contributed by atoms with E-state index in [2.05, 4.69) is 0 Å². The first-order valence-corrected chi connectivity index (χ1v) is 9.55. The summed E-state index contributed by atoms with van der Waals surface area (Å²) in [5.74, 6) is -0.406. The van der Waals surface area contributed by atoms with Crippen LogP contribution in [0, 0.1) is 13.8 Å². The van der Waals surface area contributed by atoms with Crippen LogP contribution in [0.2, 0.25) is 0 Å². The number of carbonyl (C=O) groups excluding carboxylic acids is 1. The van der Waals surface area contributed by atoms with Crippen LogP contribution < -0.4 is 10.6 Å². The SMILES string of the molecule is CCCCC(=O)OP(=O)(c1ccc(C)cc1)c1ccc(C)cc1. The van der Waals surface area contributed by atoms with Crippen molar-refractivity contribution in [1.29, 1.82) is 0 Å². The second-order valence-corrected chi connectivity index (χ2v) is 8.11. The van der Waals surface area contributed by atoms with E-state index in [0.717, 1.165) is 24.0 Å². The van der Waals surface area contributed by atoms with Crippen LogP contribution >= 0.6 is 7.37 Å². The molecular formula is C19H23O3P. The summed E-state index contributed by atoms with van der Waals surface area (Å²) < 4.78 is 19.1. The summed E-state index contributed by atoms with van der Waals surface area (Å²) >= 11 is 0. The molecule has 2 rings (SSSR count). The predicted molar refractivity (Wildman–Crippen MR) is 94.8 cm³/mol. The van der Waals surface area contributed by atoms with E-state index >= 15 is 0 Å². The lowest BCUT2D eigenvalue weighted by Crippen LogP contribution is -2.21. The minimum Gasteiger partial charge on any atom is -0.405 e. The van der Waals surface area contributed by atoms with Gasteiger partial charge in [0.05, 0.1) is 10.6 Å². The normalized spacial score (nSPS) is 11.3. The van der Waals surface area contributed by atoms with Crippen LogP contribution in [0.5, 0.6) is 0 Å². The molecule has 0 saturated heterocycles. The van der Waals surface area contributed by atoms with Gasteiger partial charge < -0.3 is 4.52 Å². The highest BCUT2D eigenvalue weighted by atomic mass is 31.2. The van der Waals surface area contributed by atoms with Crippen molar-refractivity contribution in [2.75, 3.05) is 0 Å². The molecule has 4 heteroatoms. The third kappa shape index (κ3) is 4.33. The molecule has 0 amide bonds. The van der Waals surface area contributed by atoms with Gasteiger partial charge in [-0.2, -0.15) is 0 Å². The molecule has 0 saturated carbocycles. The van der Waals surface area contributed by atoms with Gasteiger partial charge in [-0.3, -0.25) is 9.36 Å². The predicted octanol–water partition coefficient (Wildman–Crippen LogP) is 4.27. The highest BCUT2D eigenvalue weighted by Crippen LogP contribution is 2.45. The maximum absolute atomic E-state index is 13.6. The number of benzene rings is 2. The van der Waals surface area contributed by atoms with Crippen LogP contribution in [0.3, 0.4) is 0 Å². The van der Waals surface area contributed by atoms with Gasteiger partial charge in [-0.25, -0.2) is 0 Å². The highest BCUT2D eigenvalue weighted by molar-refractivity contribution is 7.74. The first-order valence-electron chi connectivity index (χ1n) is 7.92. The van der Waals surface area contributed by atoms with Crippen LogP contribution in [0.4, 0.5) is 0 Å². The lowest BCUT2D eigenvalue weighted by atomic mass is 10.2.